The number of benzene rings is 1. The van der Waals surface area contributed by atoms with Gasteiger partial charge >= 0.3 is 0 Å². The van der Waals surface area contributed by atoms with Crippen molar-refractivity contribution in [3.05, 3.63) is 28.0 Å². The predicted molar refractivity (Wildman–Crippen MR) is 74.4 cm³/mol. The van der Waals surface area contributed by atoms with Gasteiger partial charge in [-0.3, -0.25) is 0 Å². The molecule has 0 heterocycles. The summed E-state index contributed by atoms with van der Waals surface area (Å²) >= 11 is 3.25. The topological polar surface area (TPSA) is 21.3 Å². The molecule has 1 saturated carbocycles. The Morgan fingerprint density at radius 1 is 1.50 bits per heavy atom. The zero-order chi connectivity index (χ0) is 13.1. The van der Waals surface area contributed by atoms with Gasteiger partial charge in [0.2, 0.25) is 0 Å². The van der Waals surface area contributed by atoms with Crippen molar-refractivity contribution in [1.29, 1.82) is 0 Å². The zero-order valence-corrected chi connectivity index (χ0v) is 12.4. The molecular weight excluding hydrogens is 297 g/mol. The van der Waals surface area contributed by atoms with E-state index in [4.69, 9.17) is 4.74 Å². The molecule has 0 saturated heterocycles. The second-order valence-electron chi connectivity index (χ2n) is 4.80. The van der Waals surface area contributed by atoms with Crippen molar-refractivity contribution < 1.29 is 9.13 Å². The number of ether oxygens (including phenoxy) is 1. The first-order valence-electron chi connectivity index (χ1n) is 6.42. The van der Waals surface area contributed by atoms with Gasteiger partial charge in [-0.05, 0) is 40.9 Å². The molecule has 4 heteroatoms. The van der Waals surface area contributed by atoms with E-state index < -0.39 is 0 Å². The Morgan fingerprint density at radius 2 is 2.22 bits per heavy atom. The van der Waals surface area contributed by atoms with E-state index in [0.717, 1.165) is 24.4 Å². The first-order chi connectivity index (χ1) is 8.65. The number of methoxy groups -OCH3 is 1. The molecule has 1 aliphatic rings. The van der Waals surface area contributed by atoms with Crippen molar-refractivity contribution in [2.24, 2.45) is 5.92 Å². The van der Waals surface area contributed by atoms with Crippen molar-refractivity contribution in [1.82, 2.24) is 5.32 Å². The molecule has 1 N–H and O–H groups in total. The highest BCUT2D eigenvalue weighted by atomic mass is 79.9. The van der Waals surface area contributed by atoms with Crippen molar-refractivity contribution in [2.45, 2.75) is 32.2 Å². The Hall–Kier alpha value is -0.610. The Balaban J connectivity index is 2.28. The van der Waals surface area contributed by atoms with E-state index in [1.165, 1.54) is 18.9 Å². The van der Waals surface area contributed by atoms with E-state index in [2.05, 4.69) is 28.2 Å². The largest absolute Gasteiger partial charge is 0.496 e. The lowest BCUT2D eigenvalue weighted by atomic mass is 10.00. The van der Waals surface area contributed by atoms with Gasteiger partial charge in [0.15, 0.2) is 0 Å². The van der Waals surface area contributed by atoms with Crippen LogP contribution < -0.4 is 10.1 Å². The first kappa shape index (κ1) is 13.8. The van der Waals surface area contributed by atoms with E-state index in [1.54, 1.807) is 7.11 Å². The second kappa shape index (κ2) is 6.02. The molecule has 0 aliphatic heterocycles. The summed E-state index contributed by atoms with van der Waals surface area (Å²) in [7, 11) is 1.59. The van der Waals surface area contributed by atoms with Gasteiger partial charge in [-0.2, -0.15) is 0 Å². The molecule has 2 rings (SSSR count). The highest BCUT2D eigenvalue weighted by molar-refractivity contribution is 9.10. The first-order valence-corrected chi connectivity index (χ1v) is 7.21. The fraction of sp³-hybridized carbons (Fsp3) is 0.571. The van der Waals surface area contributed by atoms with Crippen LogP contribution in [0.4, 0.5) is 4.39 Å². The van der Waals surface area contributed by atoms with Crippen LogP contribution in [0.1, 0.15) is 37.8 Å². The van der Waals surface area contributed by atoms with E-state index in [9.17, 15) is 4.39 Å². The smallest absolute Gasteiger partial charge is 0.141 e. The highest BCUT2D eigenvalue weighted by Crippen LogP contribution is 2.40. The van der Waals surface area contributed by atoms with Crippen LogP contribution in [-0.2, 0) is 0 Å². The van der Waals surface area contributed by atoms with Gasteiger partial charge < -0.3 is 10.1 Å². The van der Waals surface area contributed by atoms with Crippen LogP contribution >= 0.6 is 15.9 Å². The molecule has 0 spiro atoms. The third-order valence-electron chi connectivity index (χ3n) is 3.36. The molecule has 2 nitrogen and oxygen atoms in total. The quantitative estimate of drug-likeness (QED) is 0.855. The van der Waals surface area contributed by atoms with Crippen LogP contribution in [-0.4, -0.2) is 13.7 Å². The summed E-state index contributed by atoms with van der Waals surface area (Å²) in [5.74, 6) is 1.15. The minimum absolute atomic E-state index is 0.245. The molecular formula is C14H19BrFNO. The van der Waals surface area contributed by atoms with Crippen LogP contribution in [0.3, 0.4) is 0 Å². The Labute approximate surface area is 116 Å². The lowest BCUT2D eigenvalue weighted by Gasteiger charge is -2.21. The van der Waals surface area contributed by atoms with Gasteiger partial charge in [0, 0.05) is 17.7 Å². The van der Waals surface area contributed by atoms with E-state index in [-0.39, 0.29) is 11.9 Å². The molecule has 1 unspecified atom stereocenters. The van der Waals surface area contributed by atoms with Crippen LogP contribution in [0, 0.1) is 11.7 Å². The maximum absolute atomic E-state index is 13.5. The lowest BCUT2D eigenvalue weighted by molar-refractivity contribution is 0.389. The summed E-state index contributed by atoms with van der Waals surface area (Å²) in [6.45, 7) is 2.99. The molecule has 1 fully saturated rings. The van der Waals surface area contributed by atoms with Crippen LogP contribution in [0.25, 0.3) is 0 Å². The molecule has 1 aromatic carbocycles. The molecule has 1 atom stereocenters. The summed E-state index contributed by atoms with van der Waals surface area (Å²) in [5.41, 5.74) is 1.04. The van der Waals surface area contributed by atoms with Crippen LogP contribution in [0.2, 0.25) is 0 Å². The summed E-state index contributed by atoms with van der Waals surface area (Å²) in [6.07, 6.45) is 3.72. The second-order valence-corrected chi connectivity index (χ2v) is 5.65. The van der Waals surface area contributed by atoms with Gasteiger partial charge in [-0.1, -0.05) is 19.8 Å². The number of nitrogens with one attached hydrogen (secondary N) is 1. The van der Waals surface area contributed by atoms with Gasteiger partial charge in [-0.25, -0.2) is 4.39 Å². The number of halogens is 2. The Kier molecular flexibility index (Phi) is 4.62. The average Bonchev–Trinajstić information content (AvgIpc) is 3.15. The molecule has 0 bridgehead atoms. The summed E-state index contributed by atoms with van der Waals surface area (Å²) in [6, 6.07) is 3.54. The standard InChI is InChI=1S/C14H19BrFNO/c1-3-17-13(6-9-4-5-9)10-7-11(15)12(16)8-14(10)18-2/h7-9,13,17H,3-6H2,1-2H3. The number of hydrogen-bond donors (Lipinski definition) is 1. The van der Waals surface area contributed by atoms with Crippen molar-refractivity contribution in [3.8, 4) is 5.75 Å². The minimum atomic E-state index is -0.280. The Bertz CT molecular complexity index is 421. The maximum Gasteiger partial charge on any atom is 0.141 e. The van der Waals surface area contributed by atoms with Gasteiger partial charge in [0.25, 0.3) is 0 Å². The van der Waals surface area contributed by atoms with Crippen LogP contribution in [0.15, 0.2) is 16.6 Å². The average molecular weight is 316 g/mol. The van der Waals surface area contributed by atoms with E-state index in [0.29, 0.717) is 10.2 Å². The fourth-order valence-corrected chi connectivity index (χ4v) is 2.61. The minimum Gasteiger partial charge on any atom is -0.496 e. The van der Waals surface area contributed by atoms with Gasteiger partial charge in [0.05, 0.1) is 11.6 Å². The normalized spacial score (nSPS) is 16.7. The monoisotopic (exact) mass is 315 g/mol. The SMILES string of the molecule is CCNC(CC1CC1)c1cc(Br)c(F)cc1OC. The zero-order valence-electron chi connectivity index (χ0n) is 10.8. The van der Waals surface area contributed by atoms with Gasteiger partial charge in [-0.15, -0.1) is 0 Å². The molecule has 0 amide bonds. The molecule has 0 aromatic heterocycles. The molecule has 1 aromatic rings. The van der Waals surface area contributed by atoms with Crippen molar-refractivity contribution in [2.75, 3.05) is 13.7 Å². The van der Waals surface area contributed by atoms with Crippen molar-refractivity contribution >= 4 is 15.9 Å². The molecule has 1 aliphatic carbocycles. The Morgan fingerprint density at radius 3 is 2.78 bits per heavy atom. The summed E-state index contributed by atoms with van der Waals surface area (Å²) in [4.78, 5) is 0. The highest BCUT2D eigenvalue weighted by Gasteiger charge is 2.27. The molecule has 18 heavy (non-hydrogen) atoms. The van der Waals surface area contributed by atoms with E-state index in [1.807, 2.05) is 6.07 Å². The third-order valence-corrected chi connectivity index (χ3v) is 3.97. The lowest BCUT2D eigenvalue weighted by Crippen LogP contribution is -2.22. The fourth-order valence-electron chi connectivity index (χ4n) is 2.25. The molecule has 0 radical (unpaired) electrons. The number of rotatable bonds is 6. The van der Waals surface area contributed by atoms with E-state index >= 15 is 0 Å². The summed E-state index contributed by atoms with van der Waals surface area (Å²) in [5, 5.41) is 3.47. The van der Waals surface area contributed by atoms with Gasteiger partial charge in [0.1, 0.15) is 11.6 Å². The summed E-state index contributed by atoms with van der Waals surface area (Å²) < 4.78 is 19.3. The number of hydrogen-bond acceptors (Lipinski definition) is 2. The van der Waals surface area contributed by atoms with Crippen LogP contribution in [0.5, 0.6) is 5.75 Å². The predicted octanol–water partition coefficient (Wildman–Crippen LogP) is 4.05. The third kappa shape index (κ3) is 3.23. The molecule has 100 valence electrons. The van der Waals surface area contributed by atoms with Crippen molar-refractivity contribution in [3.63, 3.8) is 0 Å². The maximum atomic E-state index is 13.5.